The molecular weight excluding hydrogens is 494 g/mol. The number of aromatic nitrogens is 1. The summed E-state index contributed by atoms with van der Waals surface area (Å²) in [5.41, 5.74) is 6.16. The molecule has 216 valence electrons. The van der Waals surface area contributed by atoms with Crippen molar-refractivity contribution in [1.29, 1.82) is 0 Å². The summed E-state index contributed by atoms with van der Waals surface area (Å²) in [5.74, 6) is 0.343. The summed E-state index contributed by atoms with van der Waals surface area (Å²) in [6, 6.07) is 18.6. The van der Waals surface area contributed by atoms with Crippen LogP contribution >= 0.6 is 0 Å². The van der Waals surface area contributed by atoms with E-state index in [0.717, 1.165) is 57.4 Å². The Balaban J connectivity index is 1.41. The number of nitrogens with zero attached hydrogens (tertiary/aromatic N) is 4. The Morgan fingerprint density at radius 2 is 1.75 bits per heavy atom. The fraction of sp³-hybridized carbons (Fsp3) is 0.559. The molecule has 0 saturated carbocycles. The number of nitrogens with one attached hydrogen (secondary N) is 1. The van der Waals surface area contributed by atoms with Gasteiger partial charge in [-0.25, -0.2) is 0 Å². The Bertz CT molecular complexity index is 1290. The molecule has 5 rings (SSSR count). The predicted octanol–water partition coefficient (Wildman–Crippen LogP) is 6.08. The number of phenols is 1. The summed E-state index contributed by atoms with van der Waals surface area (Å²) in [6.07, 6.45) is 5.30. The highest BCUT2D eigenvalue weighted by Crippen LogP contribution is 2.40. The van der Waals surface area contributed by atoms with Crippen LogP contribution in [0.2, 0.25) is 0 Å². The molecular formula is C34H49N5O. The van der Waals surface area contributed by atoms with Crippen molar-refractivity contribution in [2.45, 2.75) is 83.5 Å². The lowest BCUT2D eigenvalue weighted by molar-refractivity contribution is 0.115. The standard InChI is InChI=1S/C34H49N5O/c1-7-10-33(39-22-24(3)35-25(4)23-39)30-19-26-13-14-28(21-32(26)36-31(30)8-2)38-17-15-34(16-18-38,37(5)6)27-11-9-12-29(40)20-27/h9,11-14,19-21,24-25,33,35,40H,7-8,10,15-18,22-23H2,1-6H3. The van der Waals surface area contributed by atoms with Gasteiger partial charge in [-0.1, -0.05) is 38.5 Å². The maximum atomic E-state index is 10.2. The van der Waals surface area contributed by atoms with E-state index in [4.69, 9.17) is 4.98 Å². The zero-order valence-corrected chi connectivity index (χ0v) is 25.5. The van der Waals surface area contributed by atoms with Crippen LogP contribution in [0.15, 0.2) is 48.5 Å². The van der Waals surface area contributed by atoms with Crippen LogP contribution in [0.3, 0.4) is 0 Å². The fourth-order valence-corrected chi connectivity index (χ4v) is 7.34. The third-order valence-corrected chi connectivity index (χ3v) is 9.39. The van der Waals surface area contributed by atoms with E-state index in [1.807, 2.05) is 12.1 Å². The molecule has 40 heavy (non-hydrogen) atoms. The molecule has 0 radical (unpaired) electrons. The number of pyridine rings is 1. The van der Waals surface area contributed by atoms with Crippen molar-refractivity contribution in [2.24, 2.45) is 0 Å². The molecule has 1 aromatic heterocycles. The van der Waals surface area contributed by atoms with E-state index >= 15 is 0 Å². The van der Waals surface area contributed by atoms with Crippen molar-refractivity contribution < 1.29 is 5.11 Å². The lowest BCUT2D eigenvalue weighted by atomic mass is 9.79. The van der Waals surface area contributed by atoms with Gasteiger partial charge in [0.2, 0.25) is 0 Å². The summed E-state index contributed by atoms with van der Waals surface area (Å²) in [7, 11) is 4.33. The predicted molar refractivity (Wildman–Crippen MR) is 167 cm³/mol. The van der Waals surface area contributed by atoms with Gasteiger partial charge < -0.3 is 15.3 Å². The van der Waals surface area contributed by atoms with Crippen LogP contribution in [0.1, 0.15) is 76.2 Å². The van der Waals surface area contributed by atoms with E-state index in [1.54, 1.807) is 6.07 Å². The Morgan fingerprint density at radius 3 is 2.38 bits per heavy atom. The average Bonchev–Trinajstić information content (AvgIpc) is 2.94. The Kier molecular flexibility index (Phi) is 8.69. The molecule has 2 saturated heterocycles. The maximum absolute atomic E-state index is 10.2. The first-order valence-corrected chi connectivity index (χ1v) is 15.4. The third kappa shape index (κ3) is 5.72. The number of piperazine rings is 1. The van der Waals surface area contributed by atoms with Crippen LogP contribution in [-0.2, 0) is 12.0 Å². The van der Waals surface area contributed by atoms with Gasteiger partial charge in [0.05, 0.1) is 5.52 Å². The van der Waals surface area contributed by atoms with Gasteiger partial charge in [-0.3, -0.25) is 14.8 Å². The van der Waals surface area contributed by atoms with Gasteiger partial charge >= 0.3 is 0 Å². The quantitative estimate of drug-likeness (QED) is 0.359. The molecule has 0 amide bonds. The van der Waals surface area contributed by atoms with Crippen LogP contribution < -0.4 is 10.2 Å². The molecule has 0 spiro atoms. The van der Waals surface area contributed by atoms with Gasteiger partial charge in [0.25, 0.3) is 0 Å². The number of piperidine rings is 1. The largest absolute Gasteiger partial charge is 0.508 e. The summed E-state index contributed by atoms with van der Waals surface area (Å²) in [5, 5.41) is 15.1. The maximum Gasteiger partial charge on any atom is 0.115 e. The van der Waals surface area contributed by atoms with E-state index in [-0.39, 0.29) is 5.54 Å². The molecule has 6 heteroatoms. The second-order valence-electron chi connectivity index (χ2n) is 12.4. The number of benzene rings is 2. The number of hydrogen-bond acceptors (Lipinski definition) is 6. The number of rotatable bonds is 8. The van der Waals surface area contributed by atoms with Gasteiger partial charge in [-0.05, 0) is 95.1 Å². The van der Waals surface area contributed by atoms with Gasteiger partial charge in [0.1, 0.15) is 5.75 Å². The molecule has 2 N–H and O–H groups in total. The second-order valence-corrected chi connectivity index (χ2v) is 12.4. The molecule has 3 aromatic rings. The minimum absolute atomic E-state index is 0.0676. The first kappa shape index (κ1) is 28.8. The van der Waals surface area contributed by atoms with Gasteiger partial charge in [-0.15, -0.1) is 0 Å². The molecule has 0 bridgehead atoms. The normalized spacial score (nSPS) is 22.6. The summed E-state index contributed by atoms with van der Waals surface area (Å²) in [6.45, 7) is 13.3. The summed E-state index contributed by atoms with van der Waals surface area (Å²) < 4.78 is 0. The molecule has 2 aliphatic rings. The van der Waals surface area contributed by atoms with Crippen LogP contribution in [0, 0.1) is 0 Å². The van der Waals surface area contributed by atoms with Gasteiger partial charge in [0.15, 0.2) is 0 Å². The molecule has 2 aromatic carbocycles. The molecule has 3 atom stereocenters. The van der Waals surface area contributed by atoms with Crippen LogP contribution in [0.25, 0.3) is 10.9 Å². The van der Waals surface area contributed by atoms with Gasteiger partial charge in [-0.2, -0.15) is 0 Å². The van der Waals surface area contributed by atoms with E-state index in [0.29, 0.717) is 23.9 Å². The first-order valence-electron chi connectivity index (χ1n) is 15.4. The zero-order valence-electron chi connectivity index (χ0n) is 25.5. The molecule has 2 aliphatic heterocycles. The van der Waals surface area contributed by atoms with E-state index in [1.165, 1.54) is 34.3 Å². The monoisotopic (exact) mass is 543 g/mol. The SMILES string of the molecule is CCCC(c1cc2ccc(N3CCC(c4cccc(O)c4)(N(C)C)CC3)cc2nc1CC)N1CC(C)NC(C)C1. The number of phenolic OH excluding ortho intramolecular Hbond substituents is 1. The molecule has 3 unspecified atom stereocenters. The number of aromatic hydroxyl groups is 1. The van der Waals surface area contributed by atoms with E-state index < -0.39 is 0 Å². The minimum Gasteiger partial charge on any atom is -0.508 e. The zero-order chi connectivity index (χ0) is 28.4. The first-order chi connectivity index (χ1) is 19.2. The van der Waals surface area contributed by atoms with Crippen molar-refractivity contribution in [1.82, 2.24) is 20.1 Å². The molecule has 3 heterocycles. The topological polar surface area (TPSA) is 54.9 Å². The number of aryl methyl sites for hydroxylation is 1. The molecule has 0 aliphatic carbocycles. The lowest BCUT2D eigenvalue weighted by Gasteiger charge is -2.47. The Hall–Kier alpha value is -2.67. The minimum atomic E-state index is -0.0676. The highest BCUT2D eigenvalue weighted by molar-refractivity contribution is 5.83. The Morgan fingerprint density at radius 1 is 1.02 bits per heavy atom. The van der Waals surface area contributed by atoms with E-state index in [9.17, 15) is 5.11 Å². The third-order valence-electron chi connectivity index (χ3n) is 9.39. The van der Waals surface area contributed by atoms with Gasteiger partial charge in [0, 0.05) is 66.6 Å². The highest BCUT2D eigenvalue weighted by atomic mass is 16.3. The number of anilines is 1. The molecule has 6 nitrogen and oxygen atoms in total. The Labute approximate surface area is 241 Å². The van der Waals surface area contributed by atoms with Crippen molar-refractivity contribution in [3.63, 3.8) is 0 Å². The smallest absolute Gasteiger partial charge is 0.115 e. The number of hydrogen-bond donors (Lipinski definition) is 2. The van der Waals surface area contributed by atoms with Crippen molar-refractivity contribution in [3.05, 3.63) is 65.4 Å². The van der Waals surface area contributed by atoms with Crippen molar-refractivity contribution >= 4 is 16.6 Å². The van der Waals surface area contributed by atoms with Crippen LogP contribution in [-0.4, -0.2) is 72.2 Å². The fourth-order valence-electron chi connectivity index (χ4n) is 7.34. The summed E-state index contributed by atoms with van der Waals surface area (Å²) in [4.78, 5) is 12.8. The highest BCUT2D eigenvalue weighted by Gasteiger charge is 2.38. The van der Waals surface area contributed by atoms with Crippen LogP contribution in [0.4, 0.5) is 5.69 Å². The van der Waals surface area contributed by atoms with Crippen molar-refractivity contribution in [3.8, 4) is 5.75 Å². The van der Waals surface area contributed by atoms with Crippen molar-refractivity contribution in [2.75, 3.05) is 45.2 Å². The average molecular weight is 544 g/mol. The van der Waals surface area contributed by atoms with Crippen LogP contribution in [0.5, 0.6) is 5.75 Å². The second kappa shape index (κ2) is 12.1. The lowest BCUT2D eigenvalue weighted by Crippen LogP contribution is -2.55. The summed E-state index contributed by atoms with van der Waals surface area (Å²) >= 11 is 0. The number of fused-ring (bicyclic) bond motifs is 1. The molecule has 2 fully saturated rings. The van der Waals surface area contributed by atoms with E-state index in [2.05, 4.69) is 92.1 Å².